The molecular weight excluding hydrogens is 253 g/mol. The van der Waals surface area contributed by atoms with Crippen LogP contribution in [0.1, 0.15) is 6.92 Å². The lowest BCUT2D eigenvalue weighted by atomic mass is 10.3. The van der Waals surface area contributed by atoms with Crippen LogP contribution in [0.5, 0.6) is 5.88 Å². The van der Waals surface area contributed by atoms with E-state index in [0.29, 0.717) is 5.69 Å². The van der Waals surface area contributed by atoms with E-state index in [9.17, 15) is 9.18 Å². The number of para-hydroxylation sites is 1. The molecule has 0 bridgehead atoms. The smallest absolute Gasteiger partial charge is 0.410 e. The van der Waals surface area contributed by atoms with Crippen molar-refractivity contribution in [1.82, 2.24) is 9.78 Å². The predicted molar refractivity (Wildman–Crippen MR) is 66.3 cm³/mol. The van der Waals surface area contributed by atoms with Crippen molar-refractivity contribution < 1.29 is 19.0 Å². The van der Waals surface area contributed by atoms with Crippen molar-refractivity contribution in [2.75, 3.05) is 11.9 Å². The molecule has 6 nitrogen and oxygen atoms in total. The number of hydrogen-bond donors (Lipinski definition) is 2. The van der Waals surface area contributed by atoms with E-state index in [0.717, 1.165) is 4.68 Å². The maximum Gasteiger partial charge on any atom is 0.410 e. The SMILES string of the molecule is CCOc1nn(-c2ccccc2)c(NC(=O)O)c1F. The summed E-state index contributed by atoms with van der Waals surface area (Å²) in [5, 5.41) is 14.6. The number of halogens is 1. The van der Waals surface area contributed by atoms with Crippen molar-refractivity contribution in [3.05, 3.63) is 36.1 Å². The van der Waals surface area contributed by atoms with E-state index < -0.39 is 11.9 Å². The number of carboxylic acid groups (broad SMARTS) is 1. The minimum Gasteiger partial charge on any atom is -0.475 e. The Morgan fingerprint density at radius 1 is 1.47 bits per heavy atom. The predicted octanol–water partition coefficient (Wildman–Crippen LogP) is 2.50. The molecule has 0 radical (unpaired) electrons. The molecule has 7 heteroatoms. The van der Waals surface area contributed by atoms with Crippen LogP contribution in [0, 0.1) is 5.82 Å². The number of anilines is 1. The minimum atomic E-state index is -1.38. The molecule has 100 valence electrons. The lowest BCUT2D eigenvalue weighted by Crippen LogP contribution is -2.13. The highest BCUT2D eigenvalue weighted by molar-refractivity contribution is 5.82. The van der Waals surface area contributed by atoms with E-state index in [1.165, 1.54) is 0 Å². The van der Waals surface area contributed by atoms with E-state index in [1.807, 2.05) is 5.32 Å². The molecule has 1 aromatic carbocycles. The second-order valence-electron chi connectivity index (χ2n) is 3.58. The zero-order valence-corrected chi connectivity index (χ0v) is 10.1. The summed E-state index contributed by atoms with van der Waals surface area (Å²) in [5.74, 6) is -1.36. The summed E-state index contributed by atoms with van der Waals surface area (Å²) in [4.78, 5) is 10.7. The van der Waals surface area contributed by atoms with Crippen LogP contribution in [0.3, 0.4) is 0 Å². The van der Waals surface area contributed by atoms with Gasteiger partial charge in [0, 0.05) is 0 Å². The molecule has 0 atom stereocenters. The molecule has 2 N–H and O–H groups in total. The van der Waals surface area contributed by atoms with Crippen LogP contribution in [-0.2, 0) is 0 Å². The molecule has 1 aromatic heterocycles. The third-order valence-electron chi connectivity index (χ3n) is 2.31. The second kappa shape index (κ2) is 5.38. The van der Waals surface area contributed by atoms with Gasteiger partial charge in [-0.05, 0) is 19.1 Å². The molecule has 0 spiro atoms. The van der Waals surface area contributed by atoms with Gasteiger partial charge in [-0.15, -0.1) is 5.10 Å². The van der Waals surface area contributed by atoms with Crippen molar-refractivity contribution in [2.24, 2.45) is 0 Å². The molecule has 0 fully saturated rings. The van der Waals surface area contributed by atoms with Crippen LogP contribution in [0.2, 0.25) is 0 Å². The van der Waals surface area contributed by atoms with Gasteiger partial charge >= 0.3 is 6.09 Å². The fraction of sp³-hybridized carbons (Fsp3) is 0.167. The zero-order chi connectivity index (χ0) is 13.8. The summed E-state index contributed by atoms with van der Waals surface area (Å²) in [7, 11) is 0. The van der Waals surface area contributed by atoms with Crippen LogP contribution in [0.15, 0.2) is 30.3 Å². The van der Waals surface area contributed by atoms with Crippen LogP contribution >= 0.6 is 0 Å². The second-order valence-corrected chi connectivity index (χ2v) is 3.58. The van der Waals surface area contributed by atoms with Gasteiger partial charge in [-0.1, -0.05) is 18.2 Å². The molecule has 1 amide bonds. The van der Waals surface area contributed by atoms with Gasteiger partial charge in [0.05, 0.1) is 12.3 Å². The monoisotopic (exact) mass is 265 g/mol. The van der Waals surface area contributed by atoms with Gasteiger partial charge in [0.15, 0.2) is 5.82 Å². The highest BCUT2D eigenvalue weighted by Gasteiger charge is 2.21. The quantitative estimate of drug-likeness (QED) is 0.890. The van der Waals surface area contributed by atoms with Crippen LogP contribution < -0.4 is 10.1 Å². The Morgan fingerprint density at radius 2 is 2.16 bits per heavy atom. The average molecular weight is 265 g/mol. The topological polar surface area (TPSA) is 76.4 Å². The number of aromatic nitrogens is 2. The molecule has 2 aromatic rings. The summed E-state index contributed by atoms with van der Waals surface area (Å²) in [6.07, 6.45) is -1.38. The van der Waals surface area contributed by atoms with Gasteiger partial charge in [-0.2, -0.15) is 4.39 Å². The Morgan fingerprint density at radius 3 is 2.74 bits per heavy atom. The molecule has 0 aliphatic rings. The van der Waals surface area contributed by atoms with Gasteiger partial charge < -0.3 is 9.84 Å². The number of ether oxygens (including phenoxy) is 1. The third kappa shape index (κ3) is 2.65. The Kier molecular flexibility index (Phi) is 3.65. The van der Waals surface area contributed by atoms with Crippen LogP contribution in [-0.4, -0.2) is 27.6 Å². The van der Waals surface area contributed by atoms with Crippen LogP contribution in [0.25, 0.3) is 5.69 Å². The summed E-state index contributed by atoms with van der Waals surface area (Å²) in [6.45, 7) is 1.92. The van der Waals surface area contributed by atoms with E-state index in [1.54, 1.807) is 37.3 Å². The molecule has 2 rings (SSSR count). The Hall–Kier alpha value is -2.57. The fourth-order valence-electron chi connectivity index (χ4n) is 1.57. The van der Waals surface area contributed by atoms with E-state index in [-0.39, 0.29) is 18.3 Å². The molecule has 0 saturated heterocycles. The van der Waals surface area contributed by atoms with Crippen molar-refractivity contribution in [3.8, 4) is 11.6 Å². The third-order valence-corrected chi connectivity index (χ3v) is 2.31. The first kappa shape index (κ1) is 12.9. The first-order valence-electron chi connectivity index (χ1n) is 5.60. The molecule has 1 heterocycles. The van der Waals surface area contributed by atoms with E-state index >= 15 is 0 Å². The van der Waals surface area contributed by atoms with Crippen LogP contribution in [0.4, 0.5) is 15.0 Å². The van der Waals surface area contributed by atoms with Gasteiger partial charge in [0.1, 0.15) is 0 Å². The van der Waals surface area contributed by atoms with Gasteiger partial charge in [-0.25, -0.2) is 9.48 Å². The summed E-state index contributed by atoms with van der Waals surface area (Å²) >= 11 is 0. The molecule has 0 unspecified atom stereocenters. The number of nitrogens with zero attached hydrogens (tertiary/aromatic N) is 2. The highest BCUT2D eigenvalue weighted by atomic mass is 19.1. The Bertz CT molecular complexity index is 583. The lowest BCUT2D eigenvalue weighted by Gasteiger charge is -2.05. The number of benzene rings is 1. The molecule has 0 aliphatic heterocycles. The van der Waals surface area contributed by atoms with E-state index in [2.05, 4.69) is 5.10 Å². The van der Waals surface area contributed by atoms with Crippen molar-refractivity contribution in [2.45, 2.75) is 6.92 Å². The summed E-state index contributed by atoms with van der Waals surface area (Å²) in [6, 6.07) is 8.61. The summed E-state index contributed by atoms with van der Waals surface area (Å²) < 4.78 is 20.2. The maximum atomic E-state index is 14.0. The molecular formula is C12H12FN3O3. The molecule has 0 aliphatic carbocycles. The number of rotatable bonds is 4. The van der Waals surface area contributed by atoms with Gasteiger partial charge in [-0.3, -0.25) is 5.32 Å². The first-order valence-corrected chi connectivity index (χ1v) is 5.60. The van der Waals surface area contributed by atoms with Crippen molar-refractivity contribution in [3.63, 3.8) is 0 Å². The fourth-order valence-corrected chi connectivity index (χ4v) is 1.57. The van der Waals surface area contributed by atoms with Crippen molar-refractivity contribution >= 4 is 11.9 Å². The standard InChI is InChI=1S/C12H12FN3O3/c1-2-19-11-9(13)10(14-12(17)18)16(15-11)8-6-4-3-5-7-8/h3-7,14H,2H2,1H3,(H,17,18). The number of nitrogens with one attached hydrogen (secondary N) is 1. The Labute approximate surface area is 108 Å². The number of amides is 1. The van der Waals surface area contributed by atoms with Gasteiger partial charge in [0.2, 0.25) is 5.82 Å². The van der Waals surface area contributed by atoms with Crippen molar-refractivity contribution in [1.29, 1.82) is 0 Å². The lowest BCUT2D eigenvalue weighted by molar-refractivity contribution is 0.209. The normalized spacial score (nSPS) is 10.2. The van der Waals surface area contributed by atoms with Gasteiger partial charge in [0.25, 0.3) is 5.88 Å². The largest absolute Gasteiger partial charge is 0.475 e. The minimum absolute atomic E-state index is 0.231. The molecule has 0 saturated carbocycles. The zero-order valence-electron chi connectivity index (χ0n) is 10.1. The number of hydrogen-bond acceptors (Lipinski definition) is 3. The summed E-state index contributed by atoms with van der Waals surface area (Å²) in [5.41, 5.74) is 0.524. The average Bonchev–Trinajstić information content (AvgIpc) is 2.69. The van der Waals surface area contributed by atoms with E-state index in [4.69, 9.17) is 9.84 Å². The Balaban J connectivity index is 2.52. The molecule has 19 heavy (non-hydrogen) atoms. The number of carbonyl (C=O) groups is 1. The first-order chi connectivity index (χ1) is 9.13. The maximum absolute atomic E-state index is 14.0. The highest BCUT2D eigenvalue weighted by Crippen LogP contribution is 2.27.